The minimum absolute atomic E-state index is 0.125. The highest BCUT2D eigenvalue weighted by Crippen LogP contribution is 2.31. The summed E-state index contributed by atoms with van der Waals surface area (Å²) in [6.07, 6.45) is 8.30. The molecular formula is C18H32O3SSi. The summed E-state index contributed by atoms with van der Waals surface area (Å²) in [5.41, 5.74) is 1.14. The van der Waals surface area contributed by atoms with Crippen molar-refractivity contribution in [2.75, 3.05) is 0 Å². The van der Waals surface area contributed by atoms with Gasteiger partial charge in [-0.15, -0.1) is 0 Å². The van der Waals surface area contributed by atoms with Crippen molar-refractivity contribution in [2.24, 2.45) is 0 Å². The molecule has 0 aliphatic heterocycles. The minimum Gasteiger partial charge on any atom is -0.282 e. The lowest BCUT2D eigenvalue weighted by molar-refractivity contribution is 0.483. The van der Waals surface area contributed by atoms with Gasteiger partial charge in [-0.2, -0.15) is 8.42 Å². The van der Waals surface area contributed by atoms with Gasteiger partial charge in [0.05, 0.1) is 14.4 Å². The molecule has 0 amide bonds. The molecule has 1 rings (SSSR count). The number of unbranched alkanes of at least 4 members (excludes halogenated alkanes) is 4. The molecule has 23 heavy (non-hydrogen) atoms. The summed E-state index contributed by atoms with van der Waals surface area (Å²) >= 11 is 0. The van der Waals surface area contributed by atoms with Gasteiger partial charge in [-0.25, -0.2) is 0 Å². The molecule has 0 atom stereocenters. The molecule has 0 heterocycles. The molecule has 3 nitrogen and oxygen atoms in total. The molecule has 0 spiro atoms. The first-order valence-corrected chi connectivity index (χ1v) is 11.6. The van der Waals surface area contributed by atoms with Gasteiger partial charge in [-0.1, -0.05) is 78.4 Å². The maximum Gasteiger partial charge on any atom is 0.294 e. The summed E-state index contributed by atoms with van der Waals surface area (Å²) < 4.78 is 32.8. The summed E-state index contributed by atoms with van der Waals surface area (Å²) in [5, 5.41) is 1.04. The second-order valence-corrected chi connectivity index (χ2v) is 11.7. The largest absolute Gasteiger partial charge is 0.294 e. The lowest BCUT2D eigenvalue weighted by Gasteiger charge is -2.25. The molecule has 0 aliphatic carbocycles. The van der Waals surface area contributed by atoms with Gasteiger partial charge in [-0.3, -0.25) is 4.55 Å². The molecule has 0 fully saturated rings. The Morgan fingerprint density at radius 3 is 2.30 bits per heavy atom. The molecule has 1 aromatic carbocycles. The van der Waals surface area contributed by atoms with Crippen LogP contribution < -0.4 is 5.19 Å². The second kappa shape index (κ2) is 8.99. The predicted molar refractivity (Wildman–Crippen MR) is 101 cm³/mol. The Bertz CT molecular complexity index is 594. The van der Waals surface area contributed by atoms with Crippen LogP contribution >= 0.6 is 0 Å². The van der Waals surface area contributed by atoms with Crippen molar-refractivity contribution in [1.29, 1.82) is 0 Å². The van der Waals surface area contributed by atoms with Crippen LogP contribution in [0.3, 0.4) is 0 Å². The van der Waals surface area contributed by atoms with Crippen molar-refractivity contribution in [3.63, 3.8) is 0 Å². The van der Waals surface area contributed by atoms with Crippen LogP contribution in [0.2, 0.25) is 5.04 Å². The molecule has 0 aliphatic rings. The van der Waals surface area contributed by atoms with Crippen LogP contribution in [-0.4, -0.2) is 22.5 Å². The maximum atomic E-state index is 11.6. The summed E-state index contributed by atoms with van der Waals surface area (Å²) in [6, 6.07) is 5.38. The van der Waals surface area contributed by atoms with Crippen LogP contribution in [-0.2, 0) is 16.5 Å². The van der Waals surface area contributed by atoms with Gasteiger partial charge in [0.2, 0.25) is 0 Å². The van der Waals surface area contributed by atoms with Gasteiger partial charge in [-0.05, 0) is 28.3 Å². The van der Waals surface area contributed by atoms with Crippen molar-refractivity contribution >= 4 is 24.8 Å². The number of aryl methyl sites for hydroxylation is 1. The molecule has 0 saturated carbocycles. The van der Waals surface area contributed by atoms with E-state index < -0.39 is 19.6 Å². The monoisotopic (exact) mass is 356 g/mol. The normalized spacial score (nSPS) is 13.1. The van der Waals surface area contributed by atoms with Crippen LogP contribution in [0.5, 0.6) is 0 Å². The van der Waals surface area contributed by atoms with Crippen LogP contribution in [0, 0.1) is 0 Å². The topological polar surface area (TPSA) is 54.4 Å². The van der Waals surface area contributed by atoms with Gasteiger partial charge >= 0.3 is 0 Å². The van der Waals surface area contributed by atoms with Crippen LogP contribution in [0.15, 0.2) is 23.1 Å². The summed E-state index contributed by atoms with van der Waals surface area (Å²) in [5.74, 6) is 0. The van der Waals surface area contributed by atoms with Crippen molar-refractivity contribution in [2.45, 2.75) is 82.6 Å². The zero-order valence-electron chi connectivity index (χ0n) is 15.1. The molecular weight excluding hydrogens is 324 g/mol. The highest BCUT2D eigenvalue weighted by atomic mass is 32.2. The molecule has 0 bridgehead atoms. The van der Waals surface area contributed by atoms with E-state index in [1.807, 2.05) is 6.07 Å². The standard InChI is InChI=1S/C18H32O3SSi/c1-5-7-8-9-10-13-18(3,4)23-17-14-15(6-2)11-12-16(17)22(19,20)21/h11-12,14H,5-10,13,23H2,1-4H3,(H,19,20,21). The molecule has 132 valence electrons. The van der Waals surface area contributed by atoms with E-state index in [-0.39, 0.29) is 9.93 Å². The van der Waals surface area contributed by atoms with Crippen molar-refractivity contribution in [1.82, 2.24) is 0 Å². The first-order chi connectivity index (χ1) is 10.7. The SMILES string of the molecule is CCCCCCCC(C)(C)[SiH2]c1cc(CC)ccc1S(=O)(=O)O. The summed E-state index contributed by atoms with van der Waals surface area (Å²) in [7, 11) is -4.93. The molecule has 1 N–H and O–H groups in total. The second-order valence-electron chi connectivity index (χ2n) is 7.28. The third-order valence-electron chi connectivity index (χ3n) is 4.44. The highest BCUT2D eigenvalue weighted by Gasteiger charge is 2.24. The Kier molecular flexibility index (Phi) is 7.97. The Labute approximate surface area is 144 Å². The Morgan fingerprint density at radius 2 is 1.74 bits per heavy atom. The van der Waals surface area contributed by atoms with E-state index in [1.165, 1.54) is 32.1 Å². The zero-order chi connectivity index (χ0) is 17.5. The van der Waals surface area contributed by atoms with E-state index in [2.05, 4.69) is 27.7 Å². The third kappa shape index (κ3) is 7.19. The molecule has 0 aromatic heterocycles. The number of hydrogen-bond donors (Lipinski definition) is 1. The lowest BCUT2D eigenvalue weighted by atomic mass is 10.0. The minimum atomic E-state index is -4.13. The van der Waals surface area contributed by atoms with Crippen molar-refractivity contribution in [3.05, 3.63) is 23.8 Å². The van der Waals surface area contributed by atoms with E-state index in [4.69, 9.17) is 0 Å². The van der Waals surface area contributed by atoms with Crippen LogP contribution in [0.25, 0.3) is 0 Å². The van der Waals surface area contributed by atoms with Gasteiger partial charge in [0.1, 0.15) is 0 Å². The van der Waals surface area contributed by atoms with Gasteiger partial charge in [0, 0.05) is 0 Å². The first-order valence-electron chi connectivity index (χ1n) is 8.79. The van der Waals surface area contributed by atoms with Crippen molar-refractivity contribution in [3.8, 4) is 0 Å². The average Bonchev–Trinajstić information content (AvgIpc) is 2.45. The highest BCUT2D eigenvalue weighted by molar-refractivity contribution is 7.86. The molecule has 5 heteroatoms. The zero-order valence-corrected chi connectivity index (χ0v) is 17.3. The van der Waals surface area contributed by atoms with E-state index in [1.54, 1.807) is 12.1 Å². The fourth-order valence-corrected chi connectivity index (χ4v) is 6.56. The van der Waals surface area contributed by atoms with E-state index in [0.717, 1.165) is 23.6 Å². The molecule has 0 saturated heterocycles. The van der Waals surface area contributed by atoms with Crippen LogP contribution in [0.4, 0.5) is 0 Å². The Hall–Kier alpha value is -0.653. The predicted octanol–water partition coefficient (Wildman–Crippen LogP) is 3.85. The summed E-state index contributed by atoms with van der Waals surface area (Å²) in [6.45, 7) is 8.76. The van der Waals surface area contributed by atoms with E-state index in [9.17, 15) is 13.0 Å². The summed E-state index contributed by atoms with van der Waals surface area (Å²) in [4.78, 5) is 0.125. The van der Waals surface area contributed by atoms with Crippen molar-refractivity contribution < 1.29 is 13.0 Å². The van der Waals surface area contributed by atoms with Crippen LogP contribution in [0.1, 0.15) is 71.8 Å². The quantitative estimate of drug-likeness (QED) is 0.393. The van der Waals surface area contributed by atoms with E-state index >= 15 is 0 Å². The number of benzene rings is 1. The fourth-order valence-electron chi connectivity index (χ4n) is 3.05. The molecule has 0 radical (unpaired) electrons. The molecule has 1 aromatic rings. The van der Waals surface area contributed by atoms with Gasteiger partial charge < -0.3 is 0 Å². The Balaban J connectivity index is 2.84. The smallest absolute Gasteiger partial charge is 0.282 e. The lowest BCUT2D eigenvalue weighted by Crippen LogP contribution is -2.30. The first kappa shape index (κ1) is 20.4. The van der Waals surface area contributed by atoms with Gasteiger partial charge in [0.15, 0.2) is 0 Å². The van der Waals surface area contributed by atoms with E-state index in [0.29, 0.717) is 0 Å². The third-order valence-corrected chi connectivity index (χ3v) is 7.92. The number of rotatable bonds is 10. The molecule has 0 unspecified atom stereocenters. The average molecular weight is 357 g/mol. The maximum absolute atomic E-state index is 11.6. The number of hydrogen-bond acceptors (Lipinski definition) is 2. The Morgan fingerprint density at radius 1 is 1.09 bits per heavy atom. The van der Waals surface area contributed by atoms with Gasteiger partial charge in [0.25, 0.3) is 10.1 Å². The fraction of sp³-hybridized carbons (Fsp3) is 0.667.